The number of hydrogen-bond donors (Lipinski definition) is 2. The Morgan fingerprint density at radius 1 is 1.50 bits per heavy atom. The van der Waals surface area contributed by atoms with Crippen LogP contribution in [0.4, 0.5) is 6.01 Å². The number of nitrogens with zero attached hydrogens (tertiary/aromatic N) is 3. The van der Waals surface area contributed by atoms with Crippen LogP contribution >= 0.6 is 0 Å². The molecule has 1 heterocycles. The Labute approximate surface area is 106 Å². The molecule has 0 aliphatic heterocycles. The van der Waals surface area contributed by atoms with Gasteiger partial charge in [0.2, 0.25) is 11.8 Å². The number of amides is 1. The zero-order valence-corrected chi connectivity index (χ0v) is 10.8. The molecule has 1 aliphatic carbocycles. The second kappa shape index (κ2) is 5.92. The molecule has 2 N–H and O–H groups in total. The van der Waals surface area contributed by atoms with E-state index < -0.39 is 0 Å². The molecular formula is C11H19N5O2. The van der Waals surface area contributed by atoms with Crippen LogP contribution in [0.2, 0.25) is 0 Å². The highest BCUT2D eigenvalue weighted by Gasteiger charge is 2.29. The van der Waals surface area contributed by atoms with E-state index in [1.54, 1.807) is 0 Å². The van der Waals surface area contributed by atoms with Gasteiger partial charge in [0.05, 0.1) is 6.54 Å². The van der Waals surface area contributed by atoms with Crippen molar-refractivity contribution in [2.45, 2.75) is 18.8 Å². The number of carbonyl (C=O) groups excluding carboxylic acids is 1. The van der Waals surface area contributed by atoms with Gasteiger partial charge in [0, 0.05) is 19.0 Å². The van der Waals surface area contributed by atoms with Crippen molar-refractivity contribution < 1.29 is 9.21 Å². The predicted molar refractivity (Wildman–Crippen MR) is 66.3 cm³/mol. The van der Waals surface area contributed by atoms with Crippen LogP contribution in [0.25, 0.3) is 0 Å². The van der Waals surface area contributed by atoms with Crippen molar-refractivity contribution >= 4 is 11.9 Å². The lowest BCUT2D eigenvalue weighted by Crippen LogP contribution is -2.34. The van der Waals surface area contributed by atoms with Gasteiger partial charge in [-0.15, -0.1) is 5.10 Å². The minimum atomic E-state index is -0.139. The zero-order chi connectivity index (χ0) is 13.0. The largest absolute Gasteiger partial charge is 0.408 e. The van der Waals surface area contributed by atoms with E-state index in [1.165, 1.54) is 0 Å². The van der Waals surface area contributed by atoms with Crippen molar-refractivity contribution in [2.24, 2.45) is 0 Å². The van der Waals surface area contributed by atoms with Gasteiger partial charge in [0.1, 0.15) is 0 Å². The maximum Gasteiger partial charge on any atom is 0.322 e. The van der Waals surface area contributed by atoms with E-state index in [0.717, 1.165) is 25.9 Å². The highest BCUT2D eigenvalue weighted by Crippen LogP contribution is 2.39. The Bertz CT molecular complexity index is 402. The molecule has 1 aromatic rings. The average Bonchev–Trinajstić information content (AvgIpc) is 3.08. The van der Waals surface area contributed by atoms with Crippen LogP contribution in [-0.4, -0.2) is 54.7 Å². The van der Waals surface area contributed by atoms with Crippen molar-refractivity contribution in [3.05, 3.63) is 5.89 Å². The number of aromatic nitrogens is 2. The summed E-state index contributed by atoms with van der Waals surface area (Å²) < 4.78 is 5.36. The first-order valence-electron chi connectivity index (χ1n) is 6.15. The molecule has 0 atom stereocenters. The van der Waals surface area contributed by atoms with E-state index in [2.05, 4.69) is 20.8 Å². The zero-order valence-electron chi connectivity index (χ0n) is 10.8. The third kappa shape index (κ3) is 3.78. The molecule has 7 nitrogen and oxygen atoms in total. The summed E-state index contributed by atoms with van der Waals surface area (Å²) >= 11 is 0. The first-order valence-corrected chi connectivity index (χ1v) is 6.15. The highest BCUT2D eigenvalue weighted by atomic mass is 16.4. The standard InChI is InChI=1S/C11H19N5O2/c1-12-5-6-16(2)7-9(17)13-11-15-14-10(18-11)8-3-4-8/h8,12H,3-7H2,1-2H3,(H,13,15,17). The van der Waals surface area contributed by atoms with Crippen molar-refractivity contribution in [2.75, 3.05) is 39.0 Å². The van der Waals surface area contributed by atoms with Crippen molar-refractivity contribution in [3.8, 4) is 0 Å². The summed E-state index contributed by atoms with van der Waals surface area (Å²) in [5.41, 5.74) is 0. The normalized spacial score (nSPS) is 15.1. The first-order chi connectivity index (χ1) is 8.69. The topological polar surface area (TPSA) is 83.3 Å². The molecule has 2 rings (SSSR count). The molecule has 1 aromatic heterocycles. The Morgan fingerprint density at radius 3 is 2.94 bits per heavy atom. The van der Waals surface area contributed by atoms with E-state index in [4.69, 9.17) is 4.42 Å². The minimum absolute atomic E-state index is 0.139. The van der Waals surface area contributed by atoms with Crippen molar-refractivity contribution in [1.29, 1.82) is 0 Å². The van der Waals surface area contributed by atoms with Gasteiger partial charge < -0.3 is 9.73 Å². The van der Waals surface area contributed by atoms with Gasteiger partial charge in [0.15, 0.2) is 0 Å². The summed E-state index contributed by atoms with van der Waals surface area (Å²) in [6.07, 6.45) is 2.20. The van der Waals surface area contributed by atoms with Gasteiger partial charge >= 0.3 is 6.01 Å². The molecule has 1 amide bonds. The molecule has 0 radical (unpaired) electrons. The van der Waals surface area contributed by atoms with Gasteiger partial charge in [-0.3, -0.25) is 15.0 Å². The fourth-order valence-electron chi connectivity index (χ4n) is 1.57. The van der Waals surface area contributed by atoms with E-state index >= 15 is 0 Å². The number of carbonyl (C=O) groups is 1. The van der Waals surface area contributed by atoms with Gasteiger partial charge in [-0.1, -0.05) is 5.10 Å². The van der Waals surface area contributed by atoms with Gasteiger partial charge in [-0.05, 0) is 26.9 Å². The maximum absolute atomic E-state index is 11.7. The fraction of sp³-hybridized carbons (Fsp3) is 0.727. The second-order valence-electron chi connectivity index (χ2n) is 4.61. The molecule has 1 saturated carbocycles. The van der Waals surface area contributed by atoms with Crippen molar-refractivity contribution in [1.82, 2.24) is 20.4 Å². The summed E-state index contributed by atoms with van der Waals surface area (Å²) in [6, 6.07) is 0.198. The summed E-state index contributed by atoms with van der Waals surface area (Å²) in [4.78, 5) is 13.6. The Morgan fingerprint density at radius 2 is 2.28 bits per heavy atom. The molecule has 100 valence electrons. The molecule has 1 fully saturated rings. The Hall–Kier alpha value is -1.47. The summed E-state index contributed by atoms with van der Waals surface area (Å²) in [6.45, 7) is 1.96. The number of nitrogens with one attached hydrogen (secondary N) is 2. The van der Waals surface area contributed by atoms with E-state index in [9.17, 15) is 4.79 Å². The smallest absolute Gasteiger partial charge is 0.322 e. The Balaban J connectivity index is 1.75. The van der Waals surface area contributed by atoms with E-state index in [1.807, 2.05) is 19.0 Å². The van der Waals surface area contributed by atoms with Gasteiger partial charge in [-0.2, -0.15) is 0 Å². The molecule has 0 bridgehead atoms. The average molecular weight is 253 g/mol. The number of rotatable bonds is 7. The van der Waals surface area contributed by atoms with Gasteiger partial charge in [-0.25, -0.2) is 0 Å². The number of hydrogen-bond acceptors (Lipinski definition) is 6. The van der Waals surface area contributed by atoms with Crippen LogP contribution in [0.1, 0.15) is 24.7 Å². The lowest BCUT2D eigenvalue weighted by atomic mass is 10.4. The van der Waals surface area contributed by atoms with Crippen LogP contribution in [0, 0.1) is 0 Å². The molecule has 18 heavy (non-hydrogen) atoms. The van der Waals surface area contributed by atoms with E-state index in [0.29, 0.717) is 18.4 Å². The SMILES string of the molecule is CNCCN(C)CC(=O)Nc1nnc(C2CC2)o1. The van der Waals surface area contributed by atoms with Crippen LogP contribution in [0.15, 0.2) is 4.42 Å². The quantitative estimate of drug-likeness (QED) is 0.713. The molecule has 0 spiro atoms. The number of anilines is 1. The van der Waals surface area contributed by atoms with Crippen LogP contribution in [0.5, 0.6) is 0 Å². The summed E-state index contributed by atoms with van der Waals surface area (Å²) in [7, 11) is 3.77. The summed E-state index contributed by atoms with van der Waals surface area (Å²) in [5.74, 6) is 0.898. The van der Waals surface area contributed by atoms with Crippen LogP contribution in [0.3, 0.4) is 0 Å². The minimum Gasteiger partial charge on any atom is -0.408 e. The van der Waals surface area contributed by atoms with Gasteiger partial charge in [0.25, 0.3) is 0 Å². The Kier molecular flexibility index (Phi) is 4.27. The summed E-state index contributed by atoms with van der Waals surface area (Å²) in [5, 5.41) is 13.4. The monoisotopic (exact) mass is 253 g/mol. The predicted octanol–water partition coefficient (Wildman–Crippen LogP) is 0.0367. The third-order valence-corrected chi connectivity index (χ3v) is 2.77. The molecule has 1 aliphatic rings. The second-order valence-corrected chi connectivity index (χ2v) is 4.61. The lowest BCUT2D eigenvalue weighted by molar-refractivity contribution is -0.117. The fourth-order valence-corrected chi connectivity index (χ4v) is 1.57. The first kappa shape index (κ1) is 13.0. The molecular weight excluding hydrogens is 234 g/mol. The van der Waals surface area contributed by atoms with Crippen LogP contribution < -0.4 is 10.6 Å². The van der Waals surface area contributed by atoms with E-state index in [-0.39, 0.29) is 11.9 Å². The van der Waals surface area contributed by atoms with Crippen molar-refractivity contribution in [3.63, 3.8) is 0 Å². The molecule has 0 saturated heterocycles. The third-order valence-electron chi connectivity index (χ3n) is 2.77. The highest BCUT2D eigenvalue weighted by molar-refractivity contribution is 5.90. The molecule has 0 unspecified atom stereocenters. The number of likely N-dealkylation sites (N-methyl/N-ethyl adjacent to an activating group) is 2. The lowest BCUT2D eigenvalue weighted by Gasteiger charge is -2.14. The molecule has 7 heteroatoms. The maximum atomic E-state index is 11.7. The van der Waals surface area contributed by atoms with Crippen LogP contribution in [-0.2, 0) is 4.79 Å². The molecule has 0 aromatic carbocycles.